The van der Waals surface area contributed by atoms with E-state index in [0.29, 0.717) is 42.6 Å². The molecule has 0 aliphatic carbocycles. The summed E-state index contributed by atoms with van der Waals surface area (Å²) in [6, 6.07) is 11.8. The lowest BCUT2D eigenvalue weighted by Gasteiger charge is -2.10. The van der Waals surface area contributed by atoms with Crippen LogP contribution < -0.4 is 16.0 Å². The van der Waals surface area contributed by atoms with Crippen LogP contribution in [0.5, 0.6) is 0 Å². The molecule has 0 bridgehead atoms. The SMILES string of the molecule is CC(C)COCCCNC(=O)Nc1cccc(C(=O)Nc2cccc(F)c2)c1. The van der Waals surface area contributed by atoms with Gasteiger partial charge in [-0.05, 0) is 48.7 Å². The van der Waals surface area contributed by atoms with Gasteiger partial charge in [0.25, 0.3) is 5.91 Å². The second kappa shape index (κ2) is 11.0. The summed E-state index contributed by atoms with van der Waals surface area (Å²) in [5, 5.41) is 8.05. The first-order chi connectivity index (χ1) is 13.4. The third kappa shape index (κ3) is 7.75. The van der Waals surface area contributed by atoms with Gasteiger partial charge in [0.1, 0.15) is 5.82 Å². The Kier molecular flexibility index (Phi) is 8.42. The van der Waals surface area contributed by atoms with Gasteiger partial charge in [-0.3, -0.25) is 4.79 Å². The number of nitrogens with one attached hydrogen (secondary N) is 3. The first-order valence-corrected chi connectivity index (χ1v) is 9.23. The van der Waals surface area contributed by atoms with Crippen molar-refractivity contribution in [3.63, 3.8) is 0 Å². The number of amides is 3. The lowest BCUT2D eigenvalue weighted by Crippen LogP contribution is -2.30. The Bertz CT molecular complexity index is 796. The van der Waals surface area contributed by atoms with Gasteiger partial charge in [-0.15, -0.1) is 0 Å². The van der Waals surface area contributed by atoms with Crippen LogP contribution in [0.4, 0.5) is 20.6 Å². The smallest absolute Gasteiger partial charge is 0.319 e. The van der Waals surface area contributed by atoms with E-state index in [1.54, 1.807) is 30.3 Å². The molecule has 0 aromatic heterocycles. The predicted octanol–water partition coefficient (Wildman–Crippen LogP) is 4.26. The maximum Gasteiger partial charge on any atom is 0.319 e. The van der Waals surface area contributed by atoms with Crippen LogP contribution in [-0.2, 0) is 4.74 Å². The van der Waals surface area contributed by atoms with E-state index >= 15 is 0 Å². The first kappa shape index (κ1) is 21.4. The standard InChI is InChI=1S/C21H26FN3O3/c1-15(2)14-28-11-5-10-23-21(27)25-18-8-3-6-16(12-18)20(26)24-19-9-4-7-17(22)13-19/h3-4,6-9,12-13,15H,5,10-11,14H2,1-2H3,(H,24,26)(H2,23,25,27). The maximum atomic E-state index is 13.2. The van der Waals surface area contributed by atoms with E-state index in [1.807, 2.05) is 0 Å². The van der Waals surface area contributed by atoms with E-state index in [2.05, 4.69) is 29.8 Å². The molecule has 7 heteroatoms. The maximum absolute atomic E-state index is 13.2. The third-order valence-electron chi connectivity index (χ3n) is 3.67. The van der Waals surface area contributed by atoms with Gasteiger partial charge in [-0.1, -0.05) is 26.0 Å². The first-order valence-electron chi connectivity index (χ1n) is 9.23. The van der Waals surface area contributed by atoms with Crippen molar-refractivity contribution in [3.8, 4) is 0 Å². The largest absolute Gasteiger partial charge is 0.381 e. The highest BCUT2D eigenvalue weighted by molar-refractivity contribution is 6.05. The van der Waals surface area contributed by atoms with Crippen LogP contribution in [0.1, 0.15) is 30.6 Å². The highest BCUT2D eigenvalue weighted by Gasteiger charge is 2.09. The molecule has 0 saturated heterocycles. The van der Waals surface area contributed by atoms with Crippen molar-refractivity contribution in [2.75, 3.05) is 30.4 Å². The lowest BCUT2D eigenvalue weighted by molar-refractivity contribution is 0.102. The van der Waals surface area contributed by atoms with Crippen molar-refractivity contribution in [3.05, 3.63) is 59.9 Å². The molecule has 28 heavy (non-hydrogen) atoms. The Morgan fingerprint density at radius 2 is 1.75 bits per heavy atom. The zero-order valence-electron chi connectivity index (χ0n) is 16.1. The Balaban J connectivity index is 1.80. The summed E-state index contributed by atoms with van der Waals surface area (Å²) in [4.78, 5) is 24.3. The molecular formula is C21H26FN3O3. The van der Waals surface area contributed by atoms with Crippen LogP contribution in [0.3, 0.4) is 0 Å². The molecule has 0 spiro atoms. The van der Waals surface area contributed by atoms with Gasteiger partial charge < -0.3 is 20.7 Å². The van der Waals surface area contributed by atoms with E-state index in [1.165, 1.54) is 18.2 Å². The molecule has 2 aromatic rings. The van der Waals surface area contributed by atoms with Gasteiger partial charge in [0.2, 0.25) is 0 Å². The minimum absolute atomic E-state index is 0.351. The molecule has 0 saturated carbocycles. The van der Waals surface area contributed by atoms with Crippen LogP contribution in [-0.4, -0.2) is 31.7 Å². The number of rotatable bonds is 9. The number of benzene rings is 2. The number of anilines is 2. The molecule has 0 radical (unpaired) electrons. The molecule has 150 valence electrons. The molecular weight excluding hydrogens is 361 g/mol. The highest BCUT2D eigenvalue weighted by atomic mass is 19.1. The summed E-state index contributed by atoms with van der Waals surface area (Å²) < 4.78 is 18.7. The summed E-state index contributed by atoms with van der Waals surface area (Å²) in [5.74, 6) is -0.335. The van der Waals surface area contributed by atoms with Gasteiger partial charge in [-0.25, -0.2) is 9.18 Å². The summed E-state index contributed by atoms with van der Waals surface area (Å²) in [7, 11) is 0. The molecule has 6 nitrogen and oxygen atoms in total. The van der Waals surface area contributed by atoms with E-state index < -0.39 is 11.7 Å². The number of hydrogen-bond acceptors (Lipinski definition) is 3. The number of halogens is 1. The molecule has 0 unspecified atom stereocenters. The average Bonchev–Trinajstić information content (AvgIpc) is 2.64. The summed E-state index contributed by atoms with van der Waals surface area (Å²) in [6.45, 7) is 5.95. The summed E-state index contributed by atoms with van der Waals surface area (Å²) >= 11 is 0. The minimum atomic E-state index is -0.431. The molecule has 2 aromatic carbocycles. The van der Waals surface area contributed by atoms with E-state index in [0.717, 1.165) is 6.42 Å². The molecule has 0 heterocycles. The third-order valence-corrected chi connectivity index (χ3v) is 3.67. The van der Waals surface area contributed by atoms with Crippen molar-refractivity contribution in [2.24, 2.45) is 5.92 Å². The van der Waals surface area contributed by atoms with E-state index in [9.17, 15) is 14.0 Å². The topological polar surface area (TPSA) is 79.5 Å². The lowest BCUT2D eigenvalue weighted by atomic mass is 10.2. The fourth-order valence-electron chi connectivity index (χ4n) is 2.38. The van der Waals surface area contributed by atoms with Crippen molar-refractivity contribution in [1.82, 2.24) is 5.32 Å². The molecule has 0 atom stereocenters. The van der Waals surface area contributed by atoms with Crippen LogP contribution in [0.15, 0.2) is 48.5 Å². The number of urea groups is 1. The fourth-order valence-corrected chi connectivity index (χ4v) is 2.38. The molecule has 3 N–H and O–H groups in total. The van der Waals surface area contributed by atoms with Gasteiger partial charge in [0, 0.05) is 36.7 Å². The zero-order valence-corrected chi connectivity index (χ0v) is 16.1. The van der Waals surface area contributed by atoms with Crippen LogP contribution >= 0.6 is 0 Å². The fraction of sp³-hybridized carbons (Fsp3) is 0.333. The second-order valence-corrected chi connectivity index (χ2v) is 6.75. The van der Waals surface area contributed by atoms with Gasteiger partial charge in [0.05, 0.1) is 0 Å². The second-order valence-electron chi connectivity index (χ2n) is 6.75. The van der Waals surface area contributed by atoms with Crippen LogP contribution in [0.2, 0.25) is 0 Å². The quantitative estimate of drug-likeness (QED) is 0.563. The Morgan fingerprint density at radius 3 is 2.46 bits per heavy atom. The average molecular weight is 387 g/mol. The molecule has 3 amide bonds. The Morgan fingerprint density at radius 1 is 1.04 bits per heavy atom. The Labute approximate surface area is 164 Å². The number of carbonyl (C=O) groups is 2. The van der Waals surface area contributed by atoms with Crippen molar-refractivity contribution < 1.29 is 18.7 Å². The molecule has 0 fully saturated rings. The van der Waals surface area contributed by atoms with E-state index in [-0.39, 0.29) is 6.03 Å². The predicted molar refractivity (Wildman–Crippen MR) is 108 cm³/mol. The molecule has 2 rings (SSSR count). The highest BCUT2D eigenvalue weighted by Crippen LogP contribution is 2.14. The van der Waals surface area contributed by atoms with Crippen molar-refractivity contribution >= 4 is 23.3 Å². The minimum Gasteiger partial charge on any atom is -0.381 e. The van der Waals surface area contributed by atoms with Crippen LogP contribution in [0.25, 0.3) is 0 Å². The summed E-state index contributed by atoms with van der Waals surface area (Å²) in [5.41, 5.74) is 1.20. The Hall–Kier alpha value is -2.93. The van der Waals surface area contributed by atoms with Gasteiger partial charge in [-0.2, -0.15) is 0 Å². The van der Waals surface area contributed by atoms with Gasteiger partial charge >= 0.3 is 6.03 Å². The van der Waals surface area contributed by atoms with Gasteiger partial charge in [0.15, 0.2) is 0 Å². The number of carbonyl (C=O) groups excluding carboxylic acids is 2. The summed E-state index contributed by atoms with van der Waals surface area (Å²) in [6.07, 6.45) is 0.718. The zero-order chi connectivity index (χ0) is 20.4. The molecule has 0 aliphatic rings. The monoisotopic (exact) mass is 387 g/mol. The number of hydrogen-bond donors (Lipinski definition) is 3. The van der Waals surface area contributed by atoms with E-state index in [4.69, 9.17) is 4.74 Å². The molecule has 0 aliphatic heterocycles. The van der Waals surface area contributed by atoms with Crippen LogP contribution in [0, 0.1) is 11.7 Å². The normalized spacial score (nSPS) is 10.6. The van der Waals surface area contributed by atoms with Crippen molar-refractivity contribution in [1.29, 1.82) is 0 Å². The van der Waals surface area contributed by atoms with Crippen molar-refractivity contribution in [2.45, 2.75) is 20.3 Å². The number of ether oxygens (including phenoxy) is 1.